The molecule has 1 fully saturated rings. The molecular formula is C22H25F3N4O2. The highest BCUT2D eigenvalue weighted by atomic mass is 19.4. The molecule has 2 aromatic carbocycles. The Morgan fingerprint density at radius 2 is 1.61 bits per heavy atom. The summed E-state index contributed by atoms with van der Waals surface area (Å²) >= 11 is 0. The number of alkyl halides is 3. The topological polar surface area (TPSA) is 82.3 Å². The van der Waals surface area contributed by atoms with Crippen LogP contribution >= 0.6 is 0 Å². The first-order valence-electron chi connectivity index (χ1n) is 10.2. The van der Waals surface area contributed by atoms with E-state index >= 15 is 0 Å². The second-order valence-corrected chi connectivity index (χ2v) is 7.46. The first-order valence-corrected chi connectivity index (χ1v) is 10.2. The van der Waals surface area contributed by atoms with Crippen molar-refractivity contribution in [1.82, 2.24) is 10.9 Å². The maximum Gasteiger partial charge on any atom is 0.416 e. The number of benzene rings is 2. The number of carbonyl (C=O) groups excluding carboxylic acids is 2. The number of rotatable bonds is 6. The van der Waals surface area contributed by atoms with Gasteiger partial charge in [0.1, 0.15) is 0 Å². The lowest BCUT2D eigenvalue weighted by Crippen LogP contribution is -2.44. The molecule has 0 aliphatic heterocycles. The largest absolute Gasteiger partial charge is 0.416 e. The molecule has 0 unspecified atom stereocenters. The zero-order valence-corrected chi connectivity index (χ0v) is 16.9. The van der Waals surface area contributed by atoms with Crippen LogP contribution in [0.1, 0.15) is 48.0 Å². The third kappa shape index (κ3) is 6.63. The number of amides is 2. The van der Waals surface area contributed by atoms with Gasteiger partial charge in [-0.1, -0.05) is 37.5 Å². The van der Waals surface area contributed by atoms with E-state index in [1.165, 1.54) is 6.07 Å². The smallest absolute Gasteiger partial charge is 0.381 e. The quantitative estimate of drug-likeness (QED) is 0.511. The molecule has 1 aliphatic carbocycles. The van der Waals surface area contributed by atoms with Crippen LogP contribution in [0.15, 0.2) is 48.5 Å². The highest BCUT2D eigenvalue weighted by Gasteiger charge is 2.31. The number of hydrogen-bond acceptors (Lipinski definition) is 4. The van der Waals surface area contributed by atoms with E-state index in [9.17, 15) is 22.8 Å². The first kappa shape index (κ1) is 22.5. The minimum absolute atomic E-state index is 0.185. The molecular weight excluding hydrogens is 409 g/mol. The van der Waals surface area contributed by atoms with Gasteiger partial charge in [-0.15, -0.1) is 0 Å². The standard InChI is InChI=1S/C22H25F3N4O2/c23-22(24,25)16-11-12-18(27-17-9-5-2-6-10-17)19(13-16)26-14-20(30)28-29-21(31)15-7-3-1-4-8-15/h1,3-4,7-8,11-13,17,26-27H,2,5-6,9-10,14H2,(H,28,30)(H,29,31). The van der Waals surface area contributed by atoms with Gasteiger partial charge in [0, 0.05) is 11.6 Å². The molecule has 0 aromatic heterocycles. The van der Waals surface area contributed by atoms with Crippen LogP contribution in [0.5, 0.6) is 0 Å². The summed E-state index contributed by atoms with van der Waals surface area (Å²) in [4.78, 5) is 24.1. The van der Waals surface area contributed by atoms with Gasteiger partial charge in [-0.3, -0.25) is 20.4 Å². The second kappa shape index (κ2) is 10.2. The third-order valence-corrected chi connectivity index (χ3v) is 5.10. The number of anilines is 2. The monoisotopic (exact) mass is 434 g/mol. The molecule has 1 saturated carbocycles. The van der Waals surface area contributed by atoms with Crippen molar-refractivity contribution in [3.8, 4) is 0 Å². The van der Waals surface area contributed by atoms with Crippen LogP contribution in [-0.2, 0) is 11.0 Å². The predicted octanol–water partition coefficient (Wildman–Crippen LogP) is 4.32. The van der Waals surface area contributed by atoms with Gasteiger partial charge >= 0.3 is 6.18 Å². The Balaban J connectivity index is 1.62. The molecule has 1 aliphatic rings. The van der Waals surface area contributed by atoms with Crippen molar-refractivity contribution in [2.24, 2.45) is 0 Å². The molecule has 0 saturated heterocycles. The van der Waals surface area contributed by atoms with Crippen LogP contribution < -0.4 is 21.5 Å². The SMILES string of the molecule is O=C(CNc1cc(C(F)(F)F)ccc1NC1CCCCC1)NNC(=O)c1ccccc1. The summed E-state index contributed by atoms with van der Waals surface area (Å²) in [6, 6.07) is 11.9. The van der Waals surface area contributed by atoms with Gasteiger partial charge in [-0.25, -0.2) is 0 Å². The lowest BCUT2D eigenvalue weighted by Gasteiger charge is -2.26. The van der Waals surface area contributed by atoms with E-state index in [-0.39, 0.29) is 18.3 Å². The fraction of sp³-hybridized carbons (Fsp3) is 0.364. The summed E-state index contributed by atoms with van der Waals surface area (Å²) in [5.41, 5.74) is 4.79. The molecule has 2 amide bonds. The van der Waals surface area contributed by atoms with E-state index in [4.69, 9.17) is 0 Å². The Morgan fingerprint density at radius 1 is 0.903 bits per heavy atom. The van der Waals surface area contributed by atoms with Gasteiger partial charge in [0.15, 0.2) is 0 Å². The van der Waals surface area contributed by atoms with Crippen molar-refractivity contribution in [3.05, 3.63) is 59.7 Å². The summed E-state index contributed by atoms with van der Waals surface area (Å²) in [5.74, 6) is -1.09. The number of halogens is 3. The third-order valence-electron chi connectivity index (χ3n) is 5.10. The summed E-state index contributed by atoms with van der Waals surface area (Å²) < 4.78 is 39.5. The zero-order chi connectivity index (χ0) is 22.3. The molecule has 0 heterocycles. The Hall–Kier alpha value is -3.23. The van der Waals surface area contributed by atoms with Crippen LogP contribution in [0.2, 0.25) is 0 Å². The van der Waals surface area contributed by atoms with Gasteiger partial charge in [0.25, 0.3) is 11.8 Å². The summed E-state index contributed by atoms with van der Waals surface area (Å²) in [6.45, 7) is -0.310. The molecule has 3 rings (SSSR count). The first-order chi connectivity index (χ1) is 14.8. The lowest BCUT2D eigenvalue weighted by molar-refractivity contribution is -0.137. The molecule has 0 bridgehead atoms. The highest BCUT2D eigenvalue weighted by molar-refractivity contribution is 5.95. The van der Waals surface area contributed by atoms with Crippen molar-refractivity contribution < 1.29 is 22.8 Å². The molecule has 31 heavy (non-hydrogen) atoms. The van der Waals surface area contributed by atoms with E-state index in [1.54, 1.807) is 30.3 Å². The highest BCUT2D eigenvalue weighted by Crippen LogP contribution is 2.35. The fourth-order valence-corrected chi connectivity index (χ4v) is 3.47. The van der Waals surface area contributed by atoms with Crippen molar-refractivity contribution in [3.63, 3.8) is 0 Å². The summed E-state index contributed by atoms with van der Waals surface area (Å²) in [5, 5.41) is 6.05. The Kier molecular flexibility index (Phi) is 7.38. The Bertz CT molecular complexity index is 897. The average molecular weight is 434 g/mol. The molecule has 6 nitrogen and oxygen atoms in total. The van der Waals surface area contributed by atoms with Crippen LogP contribution in [0.3, 0.4) is 0 Å². The van der Waals surface area contributed by atoms with Crippen molar-refractivity contribution in [1.29, 1.82) is 0 Å². The van der Waals surface area contributed by atoms with Crippen molar-refractivity contribution in [2.45, 2.75) is 44.3 Å². The van der Waals surface area contributed by atoms with E-state index in [2.05, 4.69) is 21.5 Å². The summed E-state index contributed by atoms with van der Waals surface area (Å²) in [7, 11) is 0. The Morgan fingerprint density at radius 3 is 2.29 bits per heavy atom. The van der Waals surface area contributed by atoms with Crippen molar-refractivity contribution >= 4 is 23.2 Å². The second-order valence-electron chi connectivity index (χ2n) is 7.46. The van der Waals surface area contributed by atoms with Gasteiger partial charge in [-0.2, -0.15) is 13.2 Å². The fourth-order valence-electron chi connectivity index (χ4n) is 3.47. The molecule has 166 valence electrons. The van der Waals surface area contributed by atoms with E-state index in [1.807, 2.05) is 0 Å². The lowest BCUT2D eigenvalue weighted by atomic mass is 9.95. The maximum absolute atomic E-state index is 13.2. The molecule has 0 spiro atoms. The summed E-state index contributed by atoms with van der Waals surface area (Å²) in [6.07, 6.45) is 0.713. The van der Waals surface area contributed by atoms with Gasteiger partial charge in [-0.05, 0) is 43.2 Å². The minimum atomic E-state index is -4.49. The number of nitrogens with one attached hydrogen (secondary N) is 4. The van der Waals surface area contributed by atoms with Crippen LogP contribution in [0, 0.1) is 0 Å². The molecule has 9 heteroatoms. The van der Waals surface area contributed by atoms with E-state index in [0.29, 0.717) is 11.3 Å². The van der Waals surface area contributed by atoms with Gasteiger partial charge in [0.05, 0.1) is 23.5 Å². The number of carbonyl (C=O) groups is 2. The number of hydrogen-bond donors (Lipinski definition) is 4. The zero-order valence-electron chi connectivity index (χ0n) is 16.9. The average Bonchev–Trinajstić information content (AvgIpc) is 2.77. The van der Waals surface area contributed by atoms with E-state index < -0.39 is 23.6 Å². The van der Waals surface area contributed by atoms with Crippen LogP contribution in [-0.4, -0.2) is 24.4 Å². The minimum Gasteiger partial charge on any atom is -0.381 e. The molecule has 2 aromatic rings. The normalized spacial score (nSPS) is 14.5. The van der Waals surface area contributed by atoms with Crippen molar-refractivity contribution in [2.75, 3.05) is 17.2 Å². The van der Waals surface area contributed by atoms with Crippen LogP contribution in [0.4, 0.5) is 24.5 Å². The van der Waals surface area contributed by atoms with Crippen LogP contribution in [0.25, 0.3) is 0 Å². The maximum atomic E-state index is 13.2. The van der Waals surface area contributed by atoms with E-state index in [0.717, 1.165) is 44.2 Å². The van der Waals surface area contributed by atoms with Gasteiger partial charge in [0.2, 0.25) is 0 Å². The molecule has 0 radical (unpaired) electrons. The predicted molar refractivity (Wildman–Crippen MR) is 112 cm³/mol. The van der Waals surface area contributed by atoms with Gasteiger partial charge < -0.3 is 10.6 Å². The number of hydrazine groups is 1. The molecule has 4 N–H and O–H groups in total. The Labute approximate surface area is 178 Å². The molecule has 0 atom stereocenters.